The summed E-state index contributed by atoms with van der Waals surface area (Å²) in [6.45, 7) is 6.65. The minimum atomic E-state index is -0.486. The van der Waals surface area contributed by atoms with Gasteiger partial charge in [0, 0.05) is 45.8 Å². The molecule has 0 bridgehead atoms. The molecule has 0 aromatic heterocycles. The molecule has 0 spiro atoms. The maximum absolute atomic E-state index is 12.5. The smallest absolute Gasteiger partial charge is 0.321 e. The average Bonchev–Trinajstić information content (AvgIpc) is 2.56. The summed E-state index contributed by atoms with van der Waals surface area (Å²) in [5.41, 5.74) is 0. The average molecular weight is 339 g/mol. The van der Waals surface area contributed by atoms with E-state index in [1.54, 1.807) is 0 Å². The monoisotopic (exact) mass is 339 g/mol. The van der Waals surface area contributed by atoms with Crippen LogP contribution in [0.1, 0.15) is 26.2 Å². The van der Waals surface area contributed by atoms with Crippen LogP contribution in [0, 0.1) is 0 Å². The van der Waals surface area contributed by atoms with Crippen molar-refractivity contribution in [1.29, 1.82) is 0 Å². The minimum Gasteiger partial charge on any atom is -0.341 e. The van der Waals surface area contributed by atoms with Crippen molar-refractivity contribution in [3.63, 3.8) is 0 Å². The maximum Gasteiger partial charge on any atom is 0.321 e. The van der Waals surface area contributed by atoms with E-state index in [0.29, 0.717) is 12.6 Å². The molecule has 24 heavy (non-hydrogen) atoms. The highest BCUT2D eigenvalue weighted by molar-refractivity contribution is 5.95. The van der Waals surface area contributed by atoms with Gasteiger partial charge in [-0.05, 0) is 26.2 Å². The molecule has 136 valence electrons. The number of urea groups is 1. The second kappa shape index (κ2) is 8.98. The number of likely N-dealkylation sites (tertiary alicyclic amines) is 1. The third-order valence-corrected chi connectivity index (χ3v) is 4.79. The maximum atomic E-state index is 12.5. The molecule has 0 saturated carbocycles. The molecule has 0 aromatic rings. The van der Waals surface area contributed by atoms with E-state index in [9.17, 15) is 14.4 Å². The second-order valence-electron chi connectivity index (χ2n) is 6.61. The largest absolute Gasteiger partial charge is 0.341 e. The third kappa shape index (κ3) is 5.45. The van der Waals surface area contributed by atoms with Gasteiger partial charge in [0.25, 0.3) is 0 Å². The van der Waals surface area contributed by atoms with Crippen LogP contribution in [0.15, 0.2) is 0 Å². The molecule has 8 heteroatoms. The zero-order valence-corrected chi connectivity index (χ0v) is 14.7. The molecular formula is C16H29N5O3. The standard InChI is InChI=1S/C16H29N5O3/c1-13-5-3-4-6-21(13)15(23)12-20-9-7-19(8-10-20)11-14(22)18-16(24)17-2/h13H,3-12H2,1-2H3,(H2,17,18,22,24)/t13-/m0/s1. The minimum absolute atomic E-state index is 0.207. The molecule has 2 rings (SSSR count). The molecule has 0 radical (unpaired) electrons. The molecule has 0 unspecified atom stereocenters. The van der Waals surface area contributed by atoms with Crippen molar-refractivity contribution in [2.75, 3.05) is 52.9 Å². The number of hydrogen-bond acceptors (Lipinski definition) is 5. The molecular weight excluding hydrogens is 310 g/mol. The highest BCUT2D eigenvalue weighted by Crippen LogP contribution is 2.16. The lowest BCUT2D eigenvalue weighted by Gasteiger charge is -2.37. The summed E-state index contributed by atoms with van der Waals surface area (Å²) < 4.78 is 0. The zero-order chi connectivity index (χ0) is 17.5. The van der Waals surface area contributed by atoms with Crippen molar-refractivity contribution in [2.45, 2.75) is 32.2 Å². The number of carbonyl (C=O) groups is 3. The quantitative estimate of drug-likeness (QED) is 0.719. The predicted molar refractivity (Wildman–Crippen MR) is 90.5 cm³/mol. The first-order chi connectivity index (χ1) is 11.5. The van der Waals surface area contributed by atoms with Crippen molar-refractivity contribution in [2.24, 2.45) is 0 Å². The Morgan fingerprint density at radius 2 is 1.58 bits per heavy atom. The molecule has 2 aliphatic rings. The lowest BCUT2D eigenvalue weighted by molar-refractivity contribution is -0.136. The van der Waals surface area contributed by atoms with E-state index < -0.39 is 6.03 Å². The van der Waals surface area contributed by atoms with E-state index >= 15 is 0 Å². The number of piperidine rings is 1. The normalized spacial score (nSPS) is 22.9. The van der Waals surface area contributed by atoms with E-state index in [-0.39, 0.29) is 18.4 Å². The SMILES string of the molecule is CNC(=O)NC(=O)CN1CCN(CC(=O)N2CCCC[C@@H]2C)CC1. The first-order valence-electron chi connectivity index (χ1n) is 8.75. The number of rotatable bonds is 4. The molecule has 2 fully saturated rings. The first kappa shape index (κ1) is 18.7. The lowest BCUT2D eigenvalue weighted by atomic mass is 10.0. The Kier molecular flexibility index (Phi) is 6.99. The molecule has 1 atom stereocenters. The van der Waals surface area contributed by atoms with Crippen LogP contribution in [-0.2, 0) is 9.59 Å². The van der Waals surface area contributed by atoms with Gasteiger partial charge in [-0.25, -0.2) is 4.79 Å². The van der Waals surface area contributed by atoms with Crippen LogP contribution in [0.25, 0.3) is 0 Å². The Hall–Kier alpha value is -1.67. The Morgan fingerprint density at radius 3 is 2.17 bits per heavy atom. The van der Waals surface area contributed by atoms with Gasteiger partial charge in [-0.3, -0.25) is 24.7 Å². The summed E-state index contributed by atoms with van der Waals surface area (Å²) in [6.07, 6.45) is 3.41. The van der Waals surface area contributed by atoms with Gasteiger partial charge in [-0.15, -0.1) is 0 Å². The number of imide groups is 1. The van der Waals surface area contributed by atoms with Gasteiger partial charge >= 0.3 is 6.03 Å². The molecule has 2 N–H and O–H groups in total. The second-order valence-corrected chi connectivity index (χ2v) is 6.61. The van der Waals surface area contributed by atoms with Crippen LogP contribution in [0.4, 0.5) is 4.79 Å². The van der Waals surface area contributed by atoms with E-state index in [2.05, 4.69) is 22.5 Å². The summed E-state index contributed by atoms with van der Waals surface area (Å²) in [5.74, 6) is -0.0889. The molecule has 4 amide bonds. The van der Waals surface area contributed by atoms with Crippen molar-refractivity contribution in [1.82, 2.24) is 25.3 Å². The van der Waals surface area contributed by atoms with Gasteiger partial charge in [0.05, 0.1) is 13.1 Å². The topological polar surface area (TPSA) is 85.0 Å². The van der Waals surface area contributed by atoms with Gasteiger partial charge in [0.15, 0.2) is 0 Å². The summed E-state index contributed by atoms with van der Waals surface area (Å²) in [7, 11) is 1.47. The van der Waals surface area contributed by atoms with Gasteiger partial charge in [-0.1, -0.05) is 0 Å². The van der Waals surface area contributed by atoms with E-state index in [1.807, 2.05) is 9.80 Å². The number of nitrogens with zero attached hydrogens (tertiary/aromatic N) is 3. The van der Waals surface area contributed by atoms with Gasteiger partial charge < -0.3 is 10.2 Å². The van der Waals surface area contributed by atoms with E-state index in [4.69, 9.17) is 0 Å². The third-order valence-electron chi connectivity index (χ3n) is 4.79. The van der Waals surface area contributed by atoms with Crippen molar-refractivity contribution in [3.8, 4) is 0 Å². The number of hydrogen-bond donors (Lipinski definition) is 2. The van der Waals surface area contributed by atoms with Gasteiger partial charge in [0.1, 0.15) is 0 Å². The molecule has 8 nitrogen and oxygen atoms in total. The van der Waals surface area contributed by atoms with Gasteiger partial charge in [0.2, 0.25) is 11.8 Å². The van der Waals surface area contributed by atoms with Crippen LogP contribution in [0.2, 0.25) is 0 Å². The molecule has 0 aromatic carbocycles. The summed E-state index contributed by atoms with van der Waals surface area (Å²) >= 11 is 0. The van der Waals surface area contributed by atoms with Crippen LogP contribution < -0.4 is 10.6 Å². The summed E-state index contributed by atoms with van der Waals surface area (Å²) in [4.78, 5) is 41.4. The Balaban J connectivity index is 1.69. The van der Waals surface area contributed by atoms with E-state index in [1.165, 1.54) is 13.5 Å². The Bertz CT molecular complexity index is 463. The summed E-state index contributed by atoms with van der Waals surface area (Å²) in [6, 6.07) is -0.138. The van der Waals surface area contributed by atoms with Crippen molar-refractivity contribution >= 4 is 17.8 Å². The summed E-state index contributed by atoms with van der Waals surface area (Å²) in [5, 5.41) is 4.62. The molecule has 0 aliphatic carbocycles. The Labute approximate surface area is 143 Å². The highest BCUT2D eigenvalue weighted by atomic mass is 16.2. The fourth-order valence-electron chi connectivity index (χ4n) is 3.29. The highest BCUT2D eigenvalue weighted by Gasteiger charge is 2.26. The fraction of sp³-hybridized carbons (Fsp3) is 0.812. The van der Waals surface area contributed by atoms with Crippen molar-refractivity contribution in [3.05, 3.63) is 0 Å². The number of amides is 4. The number of piperazine rings is 1. The fourth-order valence-corrected chi connectivity index (χ4v) is 3.29. The van der Waals surface area contributed by atoms with Crippen LogP contribution in [-0.4, -0.2) is 91.4 Å². The lowest BCUT2D eigenvalue weighted by Crippen LogP contribution is -2.53. The van der Waals surface area contributed by atoms with Crippen LogP contribution in [0.5, 0.6) is 0 Å². The number of nitrogens with one attached hydrogen (secondary N) is 2. The molecule has 2 heterocycles. The molecule has 2 saturated heterocycles. The van der Waals surface area contributed by atoms with E-state index in [0.717, 1.165) is 45.6 Å². The predicted octanol–water partition coefficient (Wildman–Crippen LogP) is -0.539. The van der Waals surface area contributed by atoms with Crippen LogP contribution in [0.3, 0.4) is 0 Å². The van der Waals surface area contributed by atoms with Gasteiger partial charge in [-0.2, -0.15) is 0 Å². The van der Waals surface area contributed by atoms with Crippen LogP contribution >= 0.6 is 0 Å². The molecule has 2 aliphatic heterocycles. The number of carbonyl (C=O) groups excluding carboxylic acids is 3. The zero-order valence-electron chi connectivity index (χ0n) is 14.7. The van der Waals surface area contributed by atoms with Crippen molar-refractivity contribution < 1.29 is 14.4 Å². The first-order valence-corrected chi connectivity index (χ1v) is 8.75. The Morgan fingerprint density at radius 1 is 0.958 bits per heavy atom.